The fourth-order valence-electron chi connectivity index (χ4n) is 3.52. The van der Waals surface area contributed by atoms with Gasteiger partial charge in [0.2, 0.25) is 0 Å². The number of hydrogen-bond acceptors (Lipinski definition) is 4. The van der Waals surface area contributed by atoms with Gasteiger partial charge in [0.05, 0.1) is 17.9 Å². The Bertz CT molecular complexity index is 981. The van der Waals surface area contributed by atoms with Gasteiger partial charge in [0, 0.05) is 31.6 Å². The van der Waals surface area contributed by atoms with Crippen molar-refractivity contribution in [3.8, 4) is 17.1 Å². The third-order valence-corrected chi connectivity index (χ3v) is 5.00. The lowest BCUT2D eigenvalue weighted by atomic mass is 10.1. The molecule has 2 aromatic carbocycles. The lowest BCUT2D eigenvalue weighted by Crippen LogP contribution is -2.35. The number of benzene rings is 2. The second-order valence-corrected chi connectivity index (χ2v) is 7.16. The zero-order valence-electron chi connectivity index (χ0n) is 16.1. The summed E-state index contributed by atoms with van der Waals surface area (Å²) in [6, 6.07) is 18.0. The summed E-state index contributed by atoms with van der Waals surface area (Å²) in [5.41, 5.74) is 3.83. The zero-order chi connectivity index (χ0) is 19.3. The third kappa shape index (κ3) is 4.15. The molecule has 0 atom stereocenters. The van der Waals surface area contributed by atoms with Gasteiger partial charge in [0.1, 0.15) is 11.6 Å². The number of nitrogens with one attached hydrogen (secondary N) is 1. The van der Waals surface area contributed by atoms with E-state index < -0.39 is 0 Å². The van der Waals surface area contributed by atoms with Crippen molar-refractivity contribution in [3.63, 3.8) is 0 Å². The van der Waals surface area contributed by atoms with Crippen LogP contribution in [0.2, 0.25) is 0 Å². The molecular weight excluding hydrogens is 350 g/mol. The number of rotatable bonds is 6. The minimum atomic E-state index is -0.0307. The number of fused-ring (bicyclic) bond motifs is 1. The monoisotopic (exact) mass is 375 g/mol. The van der Waals surface area contributed by atoms with E-state index in [-0.39, 0.29) is 5.56 Å². The van der Waals surface area contributed by atoms with Crippen LogP contribution >= 0.6 is 0 Å². The molecule has 0 aliphatic carbocycles. The summed E-state index contributed by atoms with van der Waals surface area (Å²) in [5, 5.41) is 0. The first-order valence-electron chi connectivity index (χ1n) is 9.84. The average Bonchev–Trinajstić information content (AvgIpc) is 2.74. The van der Waals surface area contributed by atoms with Crippen LogP contribution < -0.4 is 10.3 Å². The summed E-state index contributed by atoms with van der Waals surface area (Å²) >= 11 is 0. The van der Waals surface area contributed by atoms with Crippen molar-refractivity contribution in [2.75, 3.05) is 13.2 Å². The molecule has 0 fully saturated rings. The second-order valence-electron chi connectivity index (χ2n) is 7.16. The molecule has 0 saturated heterocycles. The highest BCUT2D eigenvalue weighted by Crippen LogP contribution is 2.21. The Morgan fingerprint density at radius 1 is 1.11 bits per heavy atom. The Balaban J connectivity index is 1.47. The van der Waals surface area contributed by atoms with E-state index in [0.717, 1.165) is 55.1 Å². The van der Waals surface area contributed by atoms with Gasteiger partial charge in [-0.1, -0.05) is 49.4 Å². The smallest absolute Gasteiger partial charge is 0.255 e. The highest BCUT2D eigenvalue weighted by molar-refractivity contribution is 5.54. The highest BCUT2D eigenvalue weighted by Gasteiger charge is 2.21. The maximum atomic E-state index is 12.7. The quantitative estimate of drug-likeness (QED) is 0.712. The topological polar surface area (TPSA) is 58.2 Å². The molecule has 0 bridgehead atoms. The second kappa shape index (κ2) is 8.40. The predicted octanol–water partition coefficient (Wildman–Crippen LogP) is 3.78. The number of H-pyrrole nitrogens is 1. The first kappa shape index (κ1) is 18.4. The molecule has 1 N–H and O–H groups in total. The van der Waals surface area contributed by atoms with Gasteiger partial charge in [-0.25, -0.2) is 4.98 Å². The van der Waals surface area contributed by atoms with Crippen LogP contribution in [0.4, 0.5) is 0 Å². The fraction of sp³-hybridized carbons (Fsp3) is 0.304. The zero-order valence-corrected chi connectivity index (χ0v) is 16.1. The Morgan fingerprint density at radius 2 is 1.89 bits per heavy atom. The van der Waals surface area contributed by atoms with Crippen LogP contribution in [0.1, 0.15) is 30.2 Å². The Kier molecular flexibility index (Phi) is 5.53. The molecule has 0 unspecified atom stereocenters. The number of aromatic nitrogens is 2. The maximum absolute atomic E-state index is 12.7. The first-order chi connectivity index (χ1) is 13.7. The molecule has 2 heterocycles. The maximum Gasteiger partial charge on any atom is 0.255 e. The van der Waals surface area contributed by atoms with Crippen molar-refractivity contribution in [1.29, 1.82) is 0 Å². The minimum absolute atomic E-state index is 0.0307. The van der Waals surface area contributed by atoms with E-state index in [4.69, 9.17) is 9.72 Å². The summed E-state index contributed by atoms with van der Waals surface area (Å²) in [4.78, 5) is 22.6. The van der Waals surface area contributed by atoms with Crippen molar-refractivity contribution >= 4 is 0 Å². The summed E-state index contributed by atoms with van der Waals surface area (Å²) in [7, 11) is 0. The standard InChI is InChI=1S/C23H25N3O2/c1-2-14-28-19-10-8-17(9-11-19)15-26-13-12-21-20(16-26)23(27)25-22(24-21)18-6-4-3-5-7-18/h3-11H,2,12-16H2,1H3,(H,24,25,27). The van der Waals surface area contributed by atoms with Crippen molar-refractivity contribution < 1.29 is 4.74 Å². The van der Waals surface area contributed by atoms with Crippen molar-refractivity contribution in [1.82, 2.24) is 14.9 Å². The molecule has 144 valence electrons. The van der Waals surface area contributed by atoms with E-state index in [1.54, 1.807) is 0 Å². The van der Waals surface area contributed by atoms with E-state index in [1.165, 1.54) is 5.56 Å². The summed E-state index contributed by atoms with van der Waals surface area (Å²) in [5.74, 6) is 1.56. The van der Waals surface area contributed by atoms with E-state index in [1.807, 2.05) is 42.5 Å². The Labute approximate surface area is 165 Å². The lowest BCUT2D eigenvalue weighted by Gasteiger charge is -2.27. The van der Waals surface area contributed by atoms with Gasteiger partial charge in [-0.05, 0) is 24.1 Å². The molecule has 0 saturated carbocycles. The van der Waals surface area contributed by atoms with Gasteiger partial charge < -0.3 is 9.72 Å². The molecule has 1 aliphatic rings. The summed E-state index contributed by atoms with van der Waals surface area (Å²) in [6.07, 6.45) is 1.79. The number of ether oxygens (including phenoxy) is 1. The molecule has 5 nitrogen and oxygen atoms in total. The van der Waals surface area contributed by atoms with Gasteiger partial charge >= 0.3 is 0 Å². The summed E-state index contributed by atoms with van der Waals surface area (Å²) in [6.45, 7) is 5.17. The van der Waals surface area contributed by atoms with Gasteiger partial charge in [0.15, 0.2) is 0 Å². The molecule has 1 aromatic heterocycles. The molecule has 0 amide bonds. The summed E-state index contributed by atoms with van der Waals surface area (Å²) < 4.78 is 5.64. The van der Waals surface area contributed by atoms with Crippen LogP contribution in [0.3, 0.4) is 0 Å². The SMILES string of the molecule is CCCOc1ccc(CN2CCc3nc(-c4ccccc4)[nH]c(=O)c3C2)cc1. The Morgan fingerprint density at radius 3 is 2.64 bits per heavy atom. The van der Waals surface area contributed by atoms with Gasteiger partial charge in [-0.2, -0.15) is 0 Å². The molecule has 4 rings (SSSR count). The molecule has 0 radical (unpaired) electrons. The van der Waals surface area contributed by atoms with Crippen LogP contribution in [0.25, 0.3) is 11.4 Å². The van der Waals surface area contributed by atoms with E-state index in [9.17, 15) is 4.79 Å². The molecule has 5 heteroatoms. The predicted molar refractivity (Wildman–Crippen MR) is 110 cm³/mol. The average molecular weight is 375 g/mol. The van der Waals surface area contributed by atoms with Crippen LogP contribution in [0.5, 0.6) is 5.75 Å². The molecular formula is C23H25N3O2. The van der Waals surface area contributed by atoms with Gasteiger partial charge in [-0.15, -0.1) is 0 Å². The van der Waals surface area contributed by atoms with Crippen molar-refractivity contribution in [2.45, 2.75) is 32.9 Å². The molecule has 3 aromatic rings. The normalized spacial score (nSPS) is 13.9. The van der Waals surface area contributed by atoms with Crippen molar-refractivity contribution in [2.24, 2.45) is 0 Å². The number of nitrogens with zero attached hydrogens (tertiary/aromatic N) is 2. The van der Waals surface area contributed by atoms with Crippen LogP contribution in [-0.4, -0.2) is 28.0 Å². The Hall–Kier alpha value is -2.92. The van der Waals surface area contributed by atoms with Crippen LogP contribution in [0.15, 0.2) is 59.4 Å². The van der Waals surface area contributed by atoms with Crippen molar-refractivity contribution in [3.05, 3.63) is 81.8 Å². The van der Waals surface area contributed by atoms with E-state index in [0.29, 0.717) is 12.4 Å². The first-order valence-corrected chi connectivity index (χ1v) is 9.84. The van der Waals surface area contributed by atoms with Crippen LogP contribution in [-0.2, 0) is 19.5 Å². The highest BCUT2D eigenvalue weighted by atomic mass is 16.5. The lowest BCUT2D eigenvalue weighted by molar-refractivity contribution is 0.241. The molecule has 0 spiro atoms. The van der Waals surface area contributed by atoms with E-state index in [2.05, 4.69) is 28.9 Å². The molecule has 1 aliphatic heterocycles. The molecule has 28 heavy (non-hydrogen) atoms. The van der Waals surface area contributed by atoms with Crippen LogP contribution in [0, 0.1) is 0 Å². The largest absolute Gasteiger partial charge is 0.494 e. The van der Waals surface area contributed by atoms with Gasteiger partial charge in [0.25, 0.3) is 5.56 Å². The van der Waals surface area contributed by atoms with E-state index >= 15 is 0 Å². The number of hydrogen-bond donors (Lipinski definition) is 1. The third-order valence-electron chi connectivity index (χ3n) is 5.00. The van der Waals surface area contributed by atoms with Gasteiger partial charge in [-0.3, -0.25) is 9.69 Å². The number of aromatic amines is 1. The minimum Gasteiger partial charge on any atom is -0.494 e. The fourth-order valence-corrected chi connectivity index (χ4v) is 3.52.